The van der Waals surface area contributed by atoms with E-state index >= 15 is 0 Å². The van der Waals surface area contributed by atoms with Crippen LogP contribution in [0.5, 0.6) is 0 Å². The fraction of sp³-hybridized carbons (Fsp3) is 0.412. The number of aryl methyl sites for hydroxylation is 1. The molecular formula is C17H19N5O4S. The van der Waals surface area contributed by atoms with Crippen molar-refractivity contribution in [3.05, 3.63) is 41.5 Å². The predicted molar refractivity (Wildman–Crippen MR) is 95.5 cm³/mol. The van der Waals surface area contributed by atoms with Crippen LogP contribution in [-0.4, -0.2) is 47.8 Å². The quantitative estimate of drug-likeness (QED) is 0.837. The number of hydrogen-bond acceptors (Lipinski definition) is 7. The van der Waals surface area contributed by atoms with Crippen molar-refractivity contribution in [3.63, 3.8) is 0 Å². The minimum Gasteiger partial charge on any atom is -0.343 e. The number of fused-ring (bicyclic) bond motifs is 1. The highest BCUT2D eigenvalue weighted by Gasteiger charge is 2.39. The zero-order valence-electron chi connectivity index (χ0n) is 14.9. The van der Waals surface area contributed by atoms with E-state index in [1.54, 1.807) is 36.9 Å². The lowest BCUT2D eigenvalue weighted by molar-refractivity contribution is -0.125. The van der Waals surface area contributed by atoms with Gasteiger partial charge in [0.15, 0.2) is 11.7 Å². The van der Waals surface area contributed by atoms with Crippen LogP contribution in [-0.2, 0) is 14.8 Å². The van der Waals surface area contributed by atoms with Gasteiger partial charge in [0.25, 0.3) is 10.0 Å². The van der Waals surface area contributed by atoms with Crippen LogP contribution in [0, 0.1) is 6.92 Å². The Morgan fingerprint density at radius 2 is 2.15 bits per heavy atom. The van der Waals surface area contributed by atoms with Gasteiger partial charge in [0, 0.05) is 12.1 Å². The van der Waals surface area contributed by atoms with Crippen LogP contribution in [0.15, 0.2) is 38.1 Å². The number of carbonyl (C=O) groups is 1. The first-order chi connectivity index (χ1) is 12.9. The summed E-state index contributed by atoms with van der Waals surface area (Å²) in [6, 6.07) is 5.73. The number of nitrogens with one attached hydrogen (secondary N) is 1. The van der Waals surface area contributed by atoms with E-state index in [1.807, 2.05) is 0 Å². The zero-order chi connectivity index (χ0) is 19.2. The Kier molecular flexibility index (Phi) is 4.22. The lowest BCUT2D eigenvalue weighted by Gasteiger charge is -2.26. The molecule has 1 unspecified atom stereocenters. The number of benzene rings is 1. The Labute approximate surface area is 156 Å². The summed E-state index contributed by atoms with van der Waals surface area (Å²) in [7, 11) is -3.72. The summed E-state index contributed by atoms with van der Waals surface area (Å²) in [5.74, 6) is 0.942. The minimum absolute atomic E-state index is 0.181. The second kappa shape index (κ2) is 6.45. The average molecular weight is 389 g/mol. The first-order valence-corrected chi connectivity index (χ1v) is 10.1. The van der Waals surface area contributed by atoms with E-state index in [0.29, 0.717) is 36.1 Å². The molecule has 4 rings (SSSR count). The molecule has 1 aromatic carbocycles. The number of nitrogens with zero attached hydrogens (tertiary/aromatic N) is 4. The molecule has 1 fully saturated rings. The molecule has 3 heterocycles. The SMILES string of the molecule is Cc1noc(C(C)NC(=O)[C@@H]2CCCN2C2=NS(=O)(=O)c3ccccc32)n1. The Balaban J connectivity index is 1.57. The van der Waals surface area contributed by atoms with Crippen LogP contribution in [0.3, 0.4) is 0 Å². The monoisotopic (exact) mass is 389 g/mol. The summed E-state index contributed by atoms with van der Waals surface area (Å²) in [6.45, 7) is 4.03. The molecule has 0 bridgehead atoms. The molecule has 0 radical (unpaired) electrons. The molecule has 2 aliphatic rings. The van der Waals surface area contributed by atoms with Crippen molar-refractivity contribution in [2.24, 2.45) is 4.40 Å². The normalized spacial score (nSPS) is 21.6. The molecule has 2 atom stereocenters. The smallest absolute Gasteiger partial charge is 0.285 e. The minimum atomic E-state index is -3.72. The fourth-order valence-corrected chi connectivity index (χ4v) is 4.67. The van der Waals surface area contributed by atoms with Crippen molar-refractivity contribution in [3.8, 4) is 0 Å². The summed E-state index contributed by atoms with van der Waals surface area (Å²) in [4.78, 5) is 18.9. The highest BCUT2D eigenvalue weighted by Crippen LogP contribution is 2.31. The largest absolute Gasteiger partial charge is 0.343 e. The van der Waals surface area contributed by atoms with E-state index in [2.05, 4.69) is 19.9 Å². The third-order valence-corrected chi connectivity index (χ3v) is 6.04. The second-order valence-electron chi connectivity index (χ2n) is 6.65. The summed E-state index contributed by atoms with van der Waals surface area (Å²) in [5, 5.41) is 6.60. The van der Waals surface area contributed by atoms with E-state index in [0.717, 1.165) is 6.42 Å². The summed E-state index contributed by atoms with van der Waals surface area (Å²) in [5.41, 5.74) is 0.540. The molecule has 1 amide bonds. The Morgan fingerprint density at radius 1 is 1.37 bits per heavy atom. The molecular weight excluding hydrogens is 370 g/mol. The molecule has 0 aliphatic carbocycles. The molecule has 27 heavy (non-hydrogen) atoms. The van der Waals surface area contributed by atoms with Crippen molar-refractivity contribution >= 4 is 21.8 Å². The number of hydrogen-bond donors (Lipinski definition) is 1. The van der Waals surface area contributed by atoms with E-state index in [4.69, 9.17) is 4.52 Å². The van der Waals surface area contributed by atoms with Crippen LogP contribution in [0.4, 0.5) is 0 Å². The van der Waals surface area contributed by atoms with Crippen LogP contribution in [0.25, 0.3) is 0 Å². The Bertz CT molecular complexity index is 1030. The third-order valence-electron chi connectivity index (χ3n) is 4.71. The molecule has 2 aromatic rings. The number of sulfonamides is 1. The molecule has 1 aromatic heterocycles. The molecule has 142 valence electrons. The fourth-order valence-electron chi connectivity index (χ4n) is 3.45. The maximum Gasteiger partial charge on any atom is 0.285 e. The van der Waals surface area contributed by atoms with Crippen molar-refractivity contribution in [1.82, 2.24) is 20.4 Å². The van der Waals surface area contributed by atoms with Gasteiger partial charge in [-0.05, 0) is 38.8 Å². The predicted octanol–water partition coefficient (Wildman–Crippen LogP) is 1.17. The summed E-state index contributed by atoms with van der Waals surface area (Å²) < 4.78 is 33.7. The van der Waals surface area contributed by atoms with Gasteiger partial charge in [-0.25, -0.2) is 0 Å². The molecule has 0 saturated carbocycles. The number of amides is 1. The number of rotatable bonds is 3. The highest BCUT2D eigenvalue weighted by molar-refractivity contribution is 7.90. The lowest BCUT2D eigenvalue weighted by atomic mass is 10.1. The maximum absolute atomic E-state index is 12.8. The molecule has 10 heteroatoms. The van der Waals surface area contributed by atoms with Gasteiger partial charge in [-0.15, -0.1) is 4.40 Å². The van der Waals surface area contributed by atoms with Gasteiger partial charge in [-0.1, -0.05) is 17.3 Å². The molecule has 1 N–H and O–H groups in total. The summed E-state index contributed by atoms with van der Waals surface area (Å²) in [6.07, 6.45) is 1.38. The van der Waals surface area contributed by atoms with Crippen molar-refractivity contribution in [2.75, 3.05) is 6.54 Å². The molecule has 1 saturated heterocycles. The number of amidine groups is 1. The molecule has 0 spiro atoms. The van der Waals surface area contributed by atoms with Crippen molar-refractivity contribution < 1.29 is 17.7 Å². The van der Waals surface area contributed by atoms with Gasteiger partial charge in [0.05, 0.1) is 0 Å². The first-order valence-electron chi connectivity index (χ1n) is 8.68. The van der Waals surface area contributed by atoms with Crippen LogP contribution in [0.2, 0.25) is 0 Å². The van der Waals surface area contributed by atoms with E-state index in [9.17, 15) is 13.2 Å². The molecule has 2 aliphatic heterocycles. The highest BCUT2D eigenvalue weighted by atomic mass is 32.2. The van der Waals surface area contributed by atoms with Crippen LogP contribution >= 0.6 is 0 Å². The molecule has 9 nitrogen and oxygen atoms in total. The van der Waals surface area contributed by atoms with E-state index in [-0.39, 0.29) is 10.8 Å². The number of aromatic nitrogens is 2. The lowest BCUT2D eigenvalue weighted by Crippen LogP contribution is -2.46. The third kappa shape index (κ3) is 3.09. The standard InChI is InChI=1S/C17H19N5O4S/c1-10(17-19-11(2)20-26-17)18-16(23)13-7-5-9-22(13)15-12-6-3-4-8-14(12)27(24,25)21-15/h3-4,6,8,10,13H,5,7,9H2,1-2H3,(H,18,23)/t10?,13-/m0/s1. The van der Waals surface area contributed by atoms with Gasteiger partial charge in [0.2, 0.25) is 11.8 Å². The zero-order valence-corrected chi connectivity index (χ0v) is 15.7. The first kappa shape index (κ1) is 17.7. The van der Waals surface area contributed by atoms with E-state index < -0.39 is 22.1 Å². The van der Waals surface area contributed by atoms with Gasteiger partial charge in [-0.3, -0.25) is 4.79 Å². The van der Waals surface area contributed by atoms with Crippen LogP contribution in [0.1, 0.15) is 43.1 Å². The van der Waals surface area contributed by atoms with Crippen molar-refractivity contribution in [1.29, 1.82) is 0 Å². The topological polar surface area (TPSA) is 118 Å². The van der Waals surface area contributed by atoms with Crippen LogP contribution < -0.4 is 5.32 Å². The average Bonchev–Trinajstić information content (AvgIpc) is 3.33. The maximum atomic E-state index is 12.8. The number of likely N-dealkylation sites (tertiary alicyclic amines) is 1. The van der Waals surface area contributed by atoms with Crippen molar-refractivity contribution in [2.45, 2.75) is 43.7 Å². The van der Waals surface area contributed by atoms with Gasteiger partial charge in [-0.2, -0.15) is 13.4 Å². The van der Waals surface area contributed by atoms with Gasteiger partial charge < -0.3 is 14.7 Å². The van der Waals surface area contributed by atoms with Gasteiger partial charge in [0.1, 0.15) is 17.0 Å². The Morgan fingerprint density at radius 3 is 2.89 bits per heavy atom. The van der Waals surface area contributed by atoms with Gasteiger partial charge >= 0.3 is 0 Å². The van der Waals surface area contributed by atoms with E-state index in [1.165, 1.54) is 6.07 Å². The second-order valence-corrected chi connectivity index (χ2v) is 8.22. The summed E-state index contributed by atoms with van der Waals surface area (Å²) >= 11 is 0. The number of carbonyl (C=O) groups excluding carboxylic acids is 1. The Hall–Kier alpha value is -2.75.